The van der Waals surface area contributed by atoms with E-state index in [-0.39, 0.29) is 11.7 Å². The number of hydrogen-bond donors (Lipinski definition) is 3. The third kappa shape index (κ3) is 4.75. The number of hydrogen-bond acceptors (Lipinski definition) is 6. The second-order valence-electron chi connectivity index (χ2n) is 7.51. The lowest BCUT2D eigenvalue weighted by molar-refractivity contribution is 0.0828. The van der Waals surface area contributed by atoms with Crippen molar-refractivity contribution in [1.82, 2.24) is 16.3 Å². The third-order valence-corrected chi connectivity index (χ3v) is 5.85. The van der Waals surface area contributed by atoms with Gasteiger partial charge < -0.3 is 8.83 Å². The van der Waals surface area contributed by atoms with Crippen LogP contribution >= 0.6 is 15.9 Å². The van der Waals surface area contributed by atoms with Crippen molar-refractivity contribution in [2.24, 2.45) is 5.10 Å². The van der Waals surface area contributed by atoms with Crippen molar-refractivity contribution in [3.05, 3.63) is 80.6 Å². The Bertz CT molecular complexity index is 1260. The van der Waals surface area contributed by atoms with Gasteiger partial charge in [0, 0.05) is 27.6 Å². The fourth-order valence-corrected chi connectivity index (χ4v) is 3.90. The summed E-state index contributed by atoms with van der Waals surface area (Å²) in [5.41, 5.74) is 10.0. The Hall–Kier alpha value is -3.66. The average molecular weight is 513 g/mol. The molecule has 3 N–H and O–H groups in total. The highest BCUT2D eigenvalue weighted by atomic mass is 79.9. The van der Waals surface area contributed by atoms with Gasteiger partial charge in [0.15, 0.2) is 5.76 Å². The van der Waals surface area contributed by atoms with Crippen molar-refractivity contribution < 1.29 is 23.2 Å². The summed E-state index contributed by atoms with van der Waals surface area (Å²) < 4.78 is 11.8. The summed E-state index contributed by atoms with van der Waals surface area (Å²) in [6, 6.07) is 8.45. The van der Waals surface area contributed by atoms with Gasteiger partial charge in [-0.05, 0) is 57.0 Å². The molecule has 1 aliphatic rings. The molecule has 0 aliphatic heterocycles. The number of hydrazine groups is 1. The van der Waals surface area contributed by atoms with Crippen LogP contribution in [0.2, 0.25) is 0 Å². The lowest BCUT2D eigenvalue weighted by Gasteiger charge is -2.13. The summed E-state index contributed by atoms with van der Waals surface area (Å²) in [7, 11) is 0. The van der Waals surface area contributed by atoms with E-state index in [1.165, 1.54) is 12.3 Å². The van der Waals surface area contributed by atoms with Gasteiger partial charge in [-0.3, -0.25) is 25.2 Å². The van der Waals surface area contributed by atoms with Crippen molar-refractivity contribution in [3.63, 3.8) is 0 Å². The Morgan fingerprint density at radius 3 is 2.39 bits per heavy atom. The molecule has 2 aromatic heterocycles. The topological polar surface area (TPSA) is 126 Å². The van der Waals surface area contributed by atoms with E-state index in [9.17, 15) is 14.4 Å². The Kier molecular flexibility index (Phi) is 6.45. The number of nitrogens with zero attached hydrogens (tertiary/aromatic N) is 1. The van der Waals surface area contributed by atoms with Crippen LogP contribution in [0.1, 0.15) is 66.8 Å². The molecule has 0 saturated heterocycles. The van der Waals surface area contributed by atoms with Gasteiger partial charge in [0.1, 0.15) is 11.5 Å². The maximum atomic E-state index is 12.7. The van der Waals surface area contributed by atoms with Gasteiger partial charge in [-0.1, -0.05) is 15.9 Å². The number of amides is 3. The Morgan fingerprint density at radius 1 is 0.970 bits per heavy atom. The summed E-state index contributed by atoms with van der Waals surface area (Å²) in [4.78, 5) is 37.3. The van der Waals surface area contributed by atoms with E-state index in [4.69, 9.17) is 8.83 Å². The predicted octanol–water partition coefficient (Wildman–Crippen LogP) is 3.80. The van der Waals surface area contributed by atoms with E-state index in [1.807, 2.05) is 0 Å². The van der Waals surface area contributed by atoms with Gasteiger partial charge in [0.2, 0.25) is 0 Å². The fourth-order valence-electron chi connectivity index (χ4n) is 3.64. The Balaban J connectivity index is 1.48. The summed E-state index contributed by atoms with van der Waals surface area (Å²) >= 11 is 3.34. The van der Waals surface area contributed by atoms with Crippen LogP contribution in [0.25, 0.3) is 0 Å². The predicted molar refractivity (Wildman–Crippen MR) is 123 cm³/mol. The maximum Gasteiger partial charge on any atom is 0.305 e. The SMILES string of the molecule is Cc1occc1C(=O)NNC(=O)c1oc2c(c1C)/C(=N/NC(=O)c1ccc(Br)cc1)CCC2. The molecule has 33 heavy (non-hydrogen) atoms. The molecule has 9 nitrogen and oxygen atoms in total. The first-order valence-electron chi connectivity index (χ1n) is 10.2. The number of carbonyl (C=O) groups is 3. The molecule has 0 atom stereocenters. The van der Waals surface area contributed by atoms with Gasteiger partial charge >= 0.3 is 5.91 Å². The molecule has 4 rings (SSSR count). The minimum atomic E-state index is -0.588. The normalized spacial score (nSPS) is 14.0. The van der Waals surface area contributed by atoms with Gasteiger partial charge in [-0.15, -0.1) is 0 Å². The number of fused-ring (bicyclic) bond motifs is 1. The van der Waals surface area contributed by atoms with Crippen LogP contribution in [-0.2, 0) is 6.42 Å². The van der Waals surface area contributed by atoms with Gasteiger partial charge in [-0.2, -0.15) is 5.10 Å². The molecule has 0 radical (unpaired) electrons. The zero-order valence-electron chi connectivity index (χ0n) is 18.0. The third-order valence-electron chi connectivity index (χ3n) is 5.32. The lowest BCUT2D eigenvalue weighted by Crippen LogP contribution is -2.41. The molecule has 1 aliphatic carbocycles. The number of nitrogens with one attached hydrogen (secondary N) is 3. The average Bonchev–Trinajstić information content (AvgIpc) is 3.39. The standard InChI is InChI=1S/C23H21BrN4O5/c1-12-19-17(25-26-21(29)14-6-8-15(24)9-7-14)4-3-5-18(19)33-20(12)23(31)28-27-22(30)16-10-11-32-13(16)2/h6-11H,3-5H2,1-2H3,(H,26,29)(H,27,30)(H,28,31)/b25-17+. The number of rotatable bonds is 4. The molecule has 3 aromatic rings. The Morgan fingerprint density at radius 2 is 1.70 bits per heavy atom. The van der Waals surface area contributed by atoms with Crippen molar-refractivity contribution in [2.45, 2.75) is 33.1 Å². The zero-order valence-corrected chi connectivity index (χ0v) is 19.5. The van der Waals surface area contributed by atoms with Gasteiger partial charge in [0.05, 0.1) is 17.5 Å². The maximum absolute atomic E-state index is 12.7. The molecule has 0 unspecified atom stereocenters. The zero-order chi connectivity index (χ0) is 23.5. The molecule has 0 bridgehead atoms. The molecule has 0 spiro atoms. The minimum absolute atomic E-state index is 0.0815. The smallest absolute Gasteiger partial charge is 0.305 e. The van der Waals surface area contributed by atoms with Crippen LogP contribution in [0.15, 0.2) is 55.0 Å². The number of aryl methyl sites for hydroxylation is 2. The van der Waals surface area contributed by atoms with Crippen LogP contribution in [-0.4, -0.2) is 23.4 Å². The molecule has 0 saturated carbocycles. The summed E-state index contributed by atoms with van der Waals surface area (Å²) in [6.45, 7) is 3.40. The molecule has 3 amide bonds. The van der Waals surface area contributed by atoms with Crippen molar-refractivity contribution in [1.29, 1.82) is 0 Å². The molecule has 170 valence electrons. The number of hydrazone groups is 1. The second kappa shape index (κ2) is 9.45. The summed E-state index contributed by atoms with van der Waals surface area (Å²) in [5, 5.41) is 4.31. The van der Waals surface area contributed by atoms with Crippen LogP contribution in [0.5, 0.6) is 0 Å². The van der Waals surface area contributed by atoms with E-state index in [1.54, 1.807) is 38.1 Å². The first kappa shape index (κ1) is 22.5. The Labute approximate surface area is 197 Å². The molecular formula is C23H21BrN4O5. The van der Waals surface area contributed by atoms with Gasteiger partial charge in [0.25, 0.3) is 11.8 Å². The van der Waals surface area contributed by atoms with Crippen LogP contribution in [0.4, 0.5) is 0 Å². The van der Waals surface area contributed by atoms with E-state index >= 15 is 0 Å². The van der Waals surface area contributed by atoms with Crippen LogP contribution < -0.4 is 16.3 Å². The monoisotopic (exact) mass is 512 g/mol. The molecule has 10 heteroatoms. The van der Waals surface area contributed by atoms with E-state index < -0.39 is 11.8 Å². The van der Waals surface area contributed by atoms with Crippen molar-refractivity contribution >= 4 is 39.4 Å². The molecule has 0 fully saturated rings. The summed E-state index contributed by atoms with van der Waals surface area (Å²) in [6.07, 6.45) is 3.44. The van der Waals surface area contributed by atoms with Crippen molar-refractivity contribution in [2.75, 3.05) is 0 Å². The highest BCUT2D eigenvalue weighted by molar-refractivity contribution is 9.10. The largest absolute Gasteiger partial charge is 0.469 e. The first-order valence-corrected chi connectivity index (χ1v) is 11.0. The van der Waals surface area contributed by atoms with Gasteiger partial charge in [-0.25, -0.2) is 5.43 Å². The lowest BCUT2D eigenvalue weighted by atomic mass is 9.93. The molecular weight excluding hydrogens is 492 g/mol. The van der Waals surface area contributed by atoms with E-state index in [2.05, 4.69) is 37.3 Å². The first-order chi connectivity index (χ1) is 15.8. The summed E-state index contributed by atoms with van der Waals surface area (Å²) in [5.74, 6) is -0.275. The second-order valence-corrected chi connectivity index (χ2v) is 8.43. The van der Waals surface area contributed by atoms with Crippen molar-refractivity contribution in [3.8, 4) is 0 Å². The highest BCUT2D eigenvalue weighted by Crippen LogP contribution is 2.29. The number of carbonyl (C=O) groups excluding carboxylic acids is 3. The minimum Gasteiger partial charge on any atom is -0.469 e. The molecule has 1 aromatic carbocycles. The number of halogens is 1. The van der Waals surface area contributed by atoms with Crippen LogP contribution in [0, 0.1) is 13.8 Å². The molecule has 2 heterocycles. The van der Waals surface area contributed by atoms with E-state index in [0.29, 0.717) is 52.3 Å². The fraction of sp³-hybridized carbons (Fsp3) is 0.217. The number of benzene rings is 1. The number of furan rings is 2. The van der Waals surface area contributed by atoms with E-state index in [0.717, 1.165) is 10.9 Å². The highest BCUT2D eigenvalue weighted by Gasteiger charge is 2.28. The quantitative estimate of drug-likeness (QED) is 0.458. The van der Waals surface area contributed by atoms with Crippen LogP contribution in [0.3, 0.4) is 0 Å².